The third-order valence-electron chi connectivity index (χ3n) is 4.01. The van der Waals surface area contributed by atoms with E-state index in [0.29, 0.717) is 11.3 Å². The molecular formula is C19H14O6. The number of hydrogen-bond acceptors (Lipinski definition) is 4. The molecule has 0 fully saturated rings. The van der Waals surface area contributed by atoms with Crippen LogP contribution in [-0.4, -0.2) is 27.9 Å². The van der Waals surface area contributed by atoms with Gasteiger partial charge in [-0.05, 0) is 26.0 Å². The summed E-state index contributed by atoms with van der Waals surface area (Å²) in [7, 11) is 0. The van der Waals surface area contributed by atoms with Crippen LogP contribution in [-0.2, 0) is 0 Å². The van der Waals surface area contributed by atoms with Crippen LogP contribution in [0, 0.1) is 13.8 Å². The molecule has 0 spiro atoms. The van der Waals surface area contributed by atoms with Crippen molar-refractivity contribution in [3.8, 4) is 0 Å². The highest BCUT2D eigenvalue weighted by molar-refractivity contribution is 6.18. The van der Waals surface area contributed by atoms with Crippen LogP contribution in [0.15, 0.2) is 40.8 Å². The van der Waals surface area contributed by atoms with Crippen molar-refractivity contribution in [2.75, 3.05) is 0 Å². The molecule has 1 aromatic heterocycles. The second-order valence-corrected chi connectivity index (χ2v) is 5.73. The van der Waals surface area contributed by atoms with E-state index in [-0.39, 0.29) is 27.9 Å². The summed E-state index contributed by atoms with van der Waals surface area (Å²) < 4.78 is 5.51. The van der Waals surface area contributed by atoms with E-state index in [1.807, 2.05) is 6.92 Å². The molecule has 6 nitrogen and oxygen atoms in total. The molecule has 25 heavy (non-hydrogen) atoms. The van der Waals surface area contributed by atoms with Gasteiger partial charge in [-0.25, -0.2) is 9.59 Å². The van der Waals surface area contributed by atoms with Gasteiger partial charge in [0.1, 0.15) is 11.3 Å². The van der Waals surface area contributed by atoms with Crippen molar-refractivity contribution in [1.82, 2.24) is 0 Å². The zero-order chi connectivity index (χ0) is 18.3. The SMILES string of the molecule is Cc1ccc(C(=O)c2c(C)oc3cc(C(=O)O)c(C(=O)O)cc23)cc1. The van der Waals surface area contributed by atoms with Gasteiger partial charge in [0.2, 0.25) is 0 Å². The van der Waals surface area contributed by atoms with Gasteiger partial charge >= 0.3 is 11.9 Å². The maximum atomic E-state index is 12.8. The number of rotatable bonds is 4. The molecule has 126 valence electrons. The number of carboxylic acids is 2. The molecule has 0 aliphatic rings. The highest BCUT2D eigenvalue weighted by atomic mass is 16.4. The summed E-state index contributed by atoms with van der Waals surface area (Å²) in [6.45, 7) is 3.49. The molecule has 0 aliphatic carbocycles. The first-order valence-electron chi connectivity index (χ1n) is 7.44. The third kappa shape index (κ3) is 2.78. The quantitative estimate of drug-likeness (QED) is 0.703. The molecular weight excluding hydrogens is 324 g/mol. The molecule has 6 heteroatoms. The van der Waals surface area contributed by atoms with Crippen molar-refractivity contribution in [2.45, 2.75) is 13.8 Å². The number of aryl methyl sites for hydroxylation is 2. The first-order chi connectivity index (χ1) is 11.8. The number of furan rings is 1. The molecule has 2 aromatic carbocycles. The zero-order valence-corrected chi connectivity index (χ0v) is 13.5. The Morgan fingerprint density at radius 2 is 1.44 bits per heavy atom. The molecule has 0 saturated heterocycles. The maximum absolute atomic E-state index is 12.8. The molecule has 0 radical (unpaired) electrons. The van der Waals surface area contributed by atoms with Crippen LogP contribution in [0.25, 0.3) is 11.0 Å². The van der Waals surface area contributed by atoms with Gasteiger partial charge < -0.3 is 14.6 Å². The summed E-state index contributed by atoms with van der Waals surface area (Å²) in [4.78, 5) is 35.5. The van der Waals surface area contributed by atoms with Crippen molar-refractivity contribution in [2.24, 2.45) is 0 Å². The first kappa shape index (κ1) is 16.4. The van der Waals surface area contributed by atoms with Crippen molar-refractivity contribution in [3.05, 3.63) is 70.0 Å². The molecule has 0 aliphatic heterocycles. The minimum absolute atomic E-state index is 0.162. The summed E-state index contributed by atoms with van der Waals surface area (Å²) in [6, 6.07) is 9.28. The van der Waals surface area contributed by atoms with E-state index in [0.717, 1.165) is 11.6 Å². The Balaban J connectivity index is 2.25. The van der Waals surface area contributed by atoms with Gasteiger partial charge in [-0.1, -0.05) is 29.8 Å². The molecule has 0 bridgehead atoms. The maximum Gasteiger partial charge on any atom is 0.336 e. The van der Waals surface area contributed by atoms with E-state index in [4.69, 9.17) is 4.42 Å². The Morgan fingerprint density at radius 1 is 0.880 bits per heavy atom. The summed E-state index contributed by atoms with van der Waals surface area (Å²) in [5.41, 5.74) is 1.07. The topological polar surface area (TPSA) is 105 Å². The highest BCUT2D eigenvalue weighted by Gasteiger charge is 2.24. The Kier molecular flexibility index (Phi) is 3.88. The van der Waals surface area contributed by atoms with Gasteiger partial charge in [0.05, 0.1) is 16.7 Å². The summed E-state index contributed by atoms with van der Waals surface area (Å²) >= 11 is 0. The molecule has 3 aromatic rings. The number of hydrogen-bond donors (Lipinski definition) is 2. The standard InChI is InChI=1S/C19H14O6/c1-9-3-5-11(6-4-9)17(20)16-10(2)25-15-8-13(19(23)24)12(18(21)22)7-14(15)16/h3-8H,1-2H3,(H,21,22)(H,23,24). The van der Waals surface area contributed by atoms with E-state index in [9.17, 15) is 24.6 Å². The van der Waals surface area contributed by atoms with Gasteiger partial charge in [-0.3, -0.25) is 4.79 Å². The molecule has 3 rings (SSSR count). The number of benzene rings is 2. The minimum Gasteiger partial charge on any atom is -0.478 e. The summed E-state index contributed by atoms with van der Waals surface area (Å²) in [5, 5.41) is 18.8. The summed E-state index contributed by atoms with van der Waals surface area (Å²) in [5.74, 6) is -2.76. The first-order valence-corrected chi connectivity index (χ1v) is 7.44. The van der Waals surface area contributed by atoms with Crippen LogP contribution in [0.1, 0.15) is 48.0 Å². The van der Waals surface area contributed by atoms with Crippen molar-refractivity contribution in [3.63, 3.8) is 0 Å². The lowest BCUT2D eigenvalue weighted by Gasteiger charge is -2.04. The van der Waals surface area contributed by atoms with Crippen LogP contribution in [0.5, 0.6) is 0 Å². The molecule has 2 N–H and O–H groups in total. The molecule has 0 amide bonds. The number of carbonyl (C=O) groups excluding carboxylic acids is 1. The van der Waals surface area contributed by atoms with E-state index in [1.54, 1.807) is 31.2 Å². The van der Waals surface area contributed by atoms with Gasteiger partial charge in [0.25, 0.3) is 0 Å². The predicted octanol–water partition coefficient (Wildman–Crippen LogP) is 3.68. The minimum atomic E-state index is -1.38. The molecule has 0 atom stereocenters. The largest absolute Gasteiger partial charge is 0.478 e. The number of carbonyl (C=O) groups is 3. The Labute approximate surface area is 142 Å². The fourth-order valence-electron chi connectivity index (χ4n) is 2.75. The van der Waals surface area contributed by atoms with Crippen molar-refractivity contribution in [1.29, 1.82) is 0 Å². The average molecular weight is 338 g/mol. The lowest BCUT2D eigenvalue weighted by molar-refractivity contribution is 0.0652. The van der Waals surface area contributed by atoms with Crippen LogP contribution in [0.2, 0.25) is 0 Å². The van der Waals surface area contributed by atoms with Gasteiger partial charge in [-0.2, -0.15) is 0 Å². The fourth-order valence-corrected chi connectivity index (χ4v) is 2.75. The summed E-state index contributed by atoms with van der Waals surface area (Å²) in [6.07, 6.45) is 0. The Bertz CT molecular complexity index is 1020. The number of carboxylic acid groups (broad SMARTS) is 2. The number of aromatic carboxylic acids is 2. The normalized spacial score (nSPS) is 10.8. The monoisotopic (exact) mass is 338 g/mol. The third-order valence-corrected chi connectivity index (χ3v) is 4.01. The Hall–Kier alpha value is -3.41. The van der Waals surface area contributed by atoms with E-state index in [2.05, 4.69) is 0 Å². The van der Waals surface area contributed by atoms with Crippen LogP contribution >= 0.6 is 0 Å². The van der Waals surface area contributed by atoms with E-state index in [1.165, 1.54) is 6.07 Å². The van der Waals surface area contributed by atoms with Crippen LogP contribution < -0.4 is 0 Å². The average Bonchev–Trinajstić information content (AvgIpc) is 2.88. The molecule has 0 saturated carbocycles. The number of ketones is 1. The van der Waals surface area contributed by atoms with Gasteiger partial charge in [0.15, 0.2) is 5.78 Å². The van der Waals surface area contributed by atoms with E-state index < -0.39 is 17.5 Å². The fraction of sp³-hybridized carbons (Fsp3) is 0.105. The van der Waals surface area contributed by atoms with Crippen LogP contribution in [0.4, 0.5) is 0 Å². The van der Waals surface area contributed by atoms with Crippen molar-refractivity contribution >= 4 is 28.7 Å². The van der Waals surface area contributed by atoms with Crippen molar-refractivity contribution < 1.29 is 29.0 Å². The number of fused-ring (bicyclic) bond motifs is 1. The highest BCUT2D eigenvalue weighted by Crippen LogP contribution is 2.30. The lowest BCUT2D eigenvalue weighted by Crippen LogP contribution is -2.08. The van der Waals surface area contributed by atoms with Crippen LogP contribution in [0.3, 0.4) is 0 Å². The molecule has 0 unspecified atom stereocenters. The van der Waals surface area contributed by atoms with Gasteiger partial charge in [-0.15, -0.1) is 0 Å². The zero-order valence-electron chi connectivity index (χ0n) is 13.5. The molecule has 1 heterocycles. The Morgan fingerprint density at radius 3 is 2.00 bits per heavy atom. The second-order valence-electron chi connectivity index (χ2n) is 5.73. The second kappa shape index (κ2) is 5.90. The smallest absolute Gasteiger partial charge is 0.336 e. The van der Waals surface area contributed by atoms with E-state index >= 15 is 0 Å². The van der Waals surface area contributed by atoms with Gasteiger partial charge in [0, 0.05) is 10.9 Å². The predicted molar refractivity (Wildman–Crippen MR) is 89.5 cm³/mol. The lowest BCUT2D eigenvalue weighted by atomic mass is 9.97.